The van der Waals surface area contributed by atoms with Gasteiger partial charge in [-0.05, 0) is 36.6 Å². The molecule has 7 heteroatoms. The van der Waals surface area contributed by atoms with Crippen molar-refractivity contribution in [3.05, 3.63) is 72.6 Å². The fourth-order valence-electron chi connectivity index (χ4n) is 3.87. The van der Waals surface area contributed by atoms with E-state index in [1.807, 2.05) is 72.7 Å². The summed E-state index contributed by atoms with van der Waals surface area (Å²) in [5.41, 5.74) is 3.48. The number of hydrogen-bond acceptors (Lipinski definition) is 4. The Morgan fingerprint density at radius 1 is 1.06 bits per heavy atom. The summed E-state index contributed by atoms with van der Waals surface area (Å²) in [5, 5.41) is 10.4. The summed E-state index contributed by atoms with van der Waals surface area (Å²) in [6.45, 7) is 1.17. The number of carbonyl (C=O) groups is 2. The number of nitrogens with zero attached hydrogens (tertiary/aromatic N) is 3. The van der Waals surface area contributed by atoms with Gasteiger partial charge in [-0.1, -0.05) is 36.4 Å². The molecule has 0 bridgehead atoms. The number of nitrogens with one attached hydrogen (secondary N) is 2. The van der Waals surface area contributed by atoms with E-state index in [1.165, 1.54) is 0 Å². The van der Waals surface area contributed by atoms with Crippen molar-refractivity contribution in [1.82, 2.24) is 14.7 Å². The number of aromatic nitrogens is 2. The Morgan fingerprint density at radius 2 is 1.87 bits per heavy atom. The van der Waals surface area contributed by atoms with Gasteiger partial charge in [-0.3, -0.25) is 14.3 Å². The van der Waals surface area contributed by atoms with Crippen LogP contribution in [0, 0.1) is 5.92 Å². The van der Waals surface area contributed by atoms with Crippen molar-refractivity contribution in [3.8, 4) is 0 Å². The van der Waals surface area contributed by atoms with Crippen molar-refractivity contribution in [2.45, 2.75) is 19.3 Å². The molecule has 2 heterocycles. The van der Waals surface area contributed by atoms with Gasteiger partial charge in [-0.25, -0.2) is 0 Å². The fourth-order valence-corrected chi connectivity index (χ4v) is 3.87. The molecule has 1 aliphatic heterocycles. The van der Waals surface area contributed by atoms with E-state index in [2.05, 4.69) is 15.7 Å². The summed E-state index contributed by atoms with van der Waals surface area (Å²) in [6, 6.07) is 17.3. The molecule has 160 valence electrons. The molecular weight excluding hydrogens is 390 g/mol. The predicted octanol–water partition coefficient (Wildman–Crippen LogP) is 3.58. The molecule has 1 atom stereocenters. The SMILES string of the molecule is Cn1cc(Nc2cccc(NC(=O)C3CCCN(C(=O)Cc4ccccc4)C3)c2)cn1. The third-order valence-corrected chi connectivity index (χ3v) is 5.47. The van der Waals surface area contributed by atoms with Crippen LogP contribution in [0.4, 0.5) is 17.1 Å². The second kappa shape index (κ2) is 9.47. The lowest BCUT2D eigenvalue weighted by molar-refractivity contribution is -0.133. The first kappa shape index (κ1) is 20.7. The van der Waals surface area contributed by atoms with Crippen molar-refractivity contribution in [2.24, 2.45) is 13.0 Å². The molecule has 2 N–H and O–H groups in total. The van der Waals surface area contributed by atoms with E-state index in [0.29, 0.717) is 19.5 Å². The zero-order valence-electron chi connectivity index (χ0n) is 17.6. The van der Waals surface area contributed by atoms with Crippen molar-refractivity contribution in [1.29, 1.82) is 0 Å². The Hall–Kier alpha value is -3.61. The molecule has 0 spiro atoms. The smallest absolute Gasteiger partial charge is 0.229 e. The zero-order valence-corrected chi connectivity index (χ0v) is 17.6. The topological polar surface area (TPSA) is 79.3 Å². The van der Waals surface area contributed by atoms with E-state index in [-0.39, 0.29) is 17.7 Å². The largest absolute Gasteiger partial charge is 0.353 e. The van der Waals surface area contributed by atoms with Gasteiger partial charge in [0.05, 0.1) is 24.2 Å². The van der Waals surface area contributed by atoms with Gasteiger partial charge in [0.25, 0.3) is 0 Å². The van der Waals surface area contributed by atoms with Gasteiger partial charge < -0.3 is 15.5 Å². The second-order valence-electron chi connectivity index (χ2n) is 7.94. The first-order valence-electron chi connectivity index (χ1n) is 10.5. The van der Waals surface area contributed by atoms with Crippen molar-refractivity contribution < 1.29 is 9.59 Å². The first-order valence-corrected chi connectivity index (χ1v) is 10.5. The molecule has 0 saturated carbocycles. The average Bonchev–Trinajstić information content (AvgIpc) is 3.19. The molecule has 0 radical (unpaired) electrons. The van der Waals surface area contributed by atoms with E-state index < -0.39 is 0 Å². The van der Waals surface area contributed by atoms with Gasteiger partial charge in [-0.2, -0.15) is 5.10 Å². The number of piperidine rings is 1. The lowest BCUT2D eigenvalue weighted by Crippen LogP contribution is -2.44. The third-order valence-electron chi connectivity index (χ3n) is 5.47. The summed E-state index contributed by atoms with van der Waals surface area (Å²) < 4.78 is 1.72. The van der Waals surface area contributed by atoms with Gasteiger partial charge >= 0.3 is 0 Å². The normalized spacial score (nSPS) is 16.0. The molecule has 31 heavy (non-hydrogen) atoms. The van der Waals surface area contributed by atoms with E-state index in [0.717, 1.165) is 35.5 Å². The minimum atomic E-state index is -0.205. The lowest BCUT2D eigenvalue weighted by Gasteiger charge is -2.32. The number of carbonyl (C=O) groups excluding carboxylic acids is 2. The van der Waals surface area contributed by atoms with Crippen LogP contribution in [-0.2, 0) is 23.1 Å². The van der Waals surface area contributed by atoms with E-state index in [4.69, 9.17) is 0 Å². The summed E-state index contributed by atoms with van der Waals surface area (Å²) in [4.78, 5) is 27.4. The monoisotopic (exact) mass is 417 g/mol. The molecule has 1 unspecified atom stereocenters. The van der Waals surface area contributed by atoms with Crippen LogP contribution in [-0.4, -0.2) is 39.6 Å². The summed E-state index contributed by atoms with van der Waals surface area (Å²) in [5.74, 6) is -0.175. The van der Waals surface area contributed by atoms with E-state index in [9.17, 15) is 9.59 Å². The number of aryl methyl sites for hydroxylation is 1. The highest BCUT2D eigenvalue weighted by atomic mass is 16.2. The minimum Gasteiger partial charge on any atom is -0.353 e. The highest BCUT2D eigenvalue weighted by Gasteiger charge is 2.28. The van der Waals surface area contributed by atoms with Crippen LogP contribution in [0.5, 0.6) is 0 Å². The van der Waals surface area contributed by atoms with Gasteiger partial charge in [0.1, 0.15) is 0 Å². The quantitative estimate of drug-likeness (QED) is 0.643. The molecule has 3 aromatic rings. The number of likely N-dealkylation sites (tertiary alicyclic amines) is 1. The van der Waals surface area contributed by atoms with Gasteiger partial charge in [0.2, 0.25) is 11.8 Å². The maximum Gasteiger partial charge on any atom is 0.229 e. The van der Waals surface area contributed by atoms with Gasteiger partial charge in [0, 0.05) is 37.7 Å². The predicted molar refractivity (Wildman–Crippen MR) is 121 cm³/mol. The fraction of sp³-hybridized carbons (Fsp3) is 0.292. The lowest BCUT2D eigenvalue weighted by atomic mass is 9.96. The number of rotatable bonds is 6. The maximum absolute atomic E-state index is 12.9. The van der Waals surface area contributed by atoms with Gasteiger partial charge in [0.15, 0.2) is 0 Å². The third kappa shape index (κ3) is 5.51. The first-order chi connectivity index (χ1) is 15.1. The van der Waals surface area contributed by atoms with E-state index in [1.54, 1.807) is 10.9 Å². The van der Waals surface area contributed by atoms with Crippen LogP contribution in [0.1, 0.15) is 18.4 Å². The highest BCUT2D eigenvalue weighted by molar-refractivity contribution is 5.93. The van der Waals surface area contributed by atoms with E-state index >= 15 is 0 Å². The molecule has 4 rings (SSSR count). The number of amides is 2. The molecule has 1 saturated heterocycles. The van der Waals surface area contributed by atoms with Crippen molar-refractivity contribution in [2.75, 3.05) is 23.7 Å². The van der Waals surface area contributed by atoms with Crippen LogP contribution in [0.3, 0.4) is 0 Å². The van der Waals surface area contributed by atoms with Crippen LogP contribution in [0.25, 0.3) is 0 Å². The second-order valence-corrected chi connectivity index (χ2v) is 7.94. The minimum absolute atomic E-state index is 0.0456. The molecule has 0 aliphatic carbocycles. The summed E-state index contributed by atoms with van der Waals surface area (Å²) in [7, 11) is 1.86. The molecular formula is C24H27N5O2. The highest BCUT2D eigenvalue weighted by Crippen LogP contribution is 2.23. The standard InChI is InChI=1S/C24H27N5O2/c1-28-17-22(15-25-28)26-20-10-5-11-21(14-20)27-24(31)19-9-6-12-29(16-19)23(30)13-18-7-3-2-4-8-18/h2-5,7-8,10-11,14-15,17,19,26H,6,9,12-13,16H2,1H3,(H,27,31). The Kier molecular flexibility index (Phi) is 6.31. The molecule has 1 aliphatic rings. The Balaban J connectivity index is 1.35. The molecule has 2 amide bonds. The molecule has 7 nitrogen and oxygen atoms in total. The molecule has 1 aromatic heterocycles. The number of anilines is 3. The summed E-state index contributed by atoms with van der Waals surface area (Å²) in [6.07, 6.45) is 5.62. The van der Waals surface area contributed by atoms with Crippen molar-refractivity contribution >= 4 is 28.9 Å². The van der Waals surface area contributed by atoms with Crippen LogP contribution < -0.4 is 10.6 Å². The average molecular weight is 418 g/mol. The Bertz CT molecular complexity index is 1050. The summed E-state index contributed by atoms with van der Waals surface area (Å²) >= 11 is 0. The van der Waals surface area contributed by atoms with Gasteiger partial charge in [-0.15, -0.1) is 0 Å². The Labute approximate surface area is 182 Å². The van der Waals surface area contributed by atoms with Crippen LogP contribution in [0.15, 0.2) is 67.0 Å². The van der Waals surface area contributed by atoms with Crippen molar-refractivity contribution in [3.63, 3.8) is 0 Å². The maximum atomic E-state index is 12.9. The zero-order chi connectivity index (χ0) is 21.6. The number of hydrogen-bond donors (Lipinski definition) is 2. The van der Waals surface area contributed by atoms with Crippen LogP contribution in [0.2, 0.25) is 0 Å². The van der Waals surface area contributed by atoms with Crippen LogP contribution >= 0.6 is 0 Å². The Morgan fingerprint density at radius 3 is 2.65 bits per heavy atom. The molecule has 2 aromatic carbocycles. The number of benzene rings is 2. The molecule has 1 fully saturated rings.